The largest absolute Gasteiger partial charge is 0.413 e. The molecule has 0 amide bonds. The number of hydrogen-bond donors (Lipinski definition) is 1. The Kier molecular flexibility index (Phi) is 3.75. The maximum Gasteiger partial charge on any atom is 0.396 e. The summed E-state index contributed by atoms with van der Waals surface area (Å²) in [5.41, 5.74) is 0.882. The third-order valence-electron chi connectivity index (χ3n) is 4.62. The van der Waals surface area contributed by atoms with E-state index in [2.05, 4.69) is 4.72 Å². The maximum absolute atomic E-state index is 13.0. The lowest BCUT2D eigenvalue weighted by Crippen LogP contribution is -2.13. The lowest BCUT2D eigenvalue weighted by molar-refractivity contribution is 0.588. The van der Waals surface area contributed by atoms with Gasteiger partial charge < -0.3 is 4.42 Å². The fourth-order valence-electron chi connectivity index (χ4n) is 3.32. The minimum absolute atomic E-state index is 0.177. The molecule has 5 rings (SSSR count). The highest BCUT2D eigenvalue weighted by Crippen LogP contribution is 2.34. The van der Waals surface area contributed by atoms with Gasteiger partial charge in [0.25, 0.3) is 10.0 Å². The molecule has 0 radical (unpaired) electrons. The number of nitrogens with one attached hydrogen (secondary N) is 1. The molecule has 28 heavy (non-hydrogen) atoms. The number of fused-ring (bicyclic) bond motifs is 4. The molecule has 1 aromatic heterocycles. The Morgan fingerprint density at radius 2 is 1.54 bits per heavy atom. The summed E-state index contributed by atoms with van der Waals surface area (Å²) >= 11 is 0.948. The summed E-state index contributed by atoms with van der Waals surface area (Å²) < 4.78 is 34.6. The van der Waals surface area contributed by atoms with E-state index in [1.54, 1.807) is 36.4 Å². The van der Waals surface area contributed by atoms with Gasteiger partial charge >= 0.3 is 4.94 Å². The van der Waals surface area contributed by atoms with Gasteiger partial charge in [0.15, 0.2) is 5.58 Å². The first-order valence-corrected chi connectivity index (χ1v) is 10.8. The second-order valence-electron chi connectivity index (χ2n) is 6.37. The van der Waals surface area contributed by atoms with Gasteiger partial charge in [0, 0.05) is 10.8 Å². The van der Waals surface area contributed by atoms with Crippen LogP contribution in [0.15, 0.2) is 86.9 Å². The Hall–Kier alpha value is -3.16. The Morgan fingerprint density at radius 1 is 0.821 bits per heavy atom. The van der Waals surface area contributed by atoms with E-state index in [1.165, 1.54) is 0 Å². The van der Waals surface area contributed by atoms with Gasteiger partial charge in [-0.3, -0.25) is 4.72 Å². The zero-order valence-electron chi connectivity index (χ0n) is 14.4. The number of anilines is 1. The number of hydrogen-bond acceptors (Lipinski definition) is 5. The topological polar surface area (TPSA) is 76.4 Å². The molecule has 0 aliphatic rings. The van der Waals surface area contributed by atoms with Crippen LogP contribution in [0.1, 0.15) is 0 Å². The third-order valence-corrected chi connectivity index (χ3v) is 6.75. The van der Waals surface area contributed by atoms with E-state index in [-0.39, 0.29) is 4.90 Å². The van der Waals surface area contributed by atoms with Crippen molar-refractivity contribution in [3.05, 3.63) is 82.5 Å². The predicted molar refractivity (Wildman–Crippen MR) is 113 cm³/mol. The summed E-state index contributed by atoms with van der Waals surface area (Å²) in [4.78, 5) is 11.4. The van der Waals surface area contributed by atoms with Crippen molar-refractivity contribution in [3.8, 4) is 0 Å². The Bertz CT molecular complexity index is 1530. The van der Waals surface area contributed by atoms with Gasteiger partial charge in [0.05, 0.1) is 15.3 Å². The van der Waals surface area contributed by atoms with Crippen LogP contribution in [0.25, 0.3) is 31.8 Å². The van der Waals surface area contributed by atoms with E-state index in [0.29, 0.717) is 26.7 Å². The average Bonchev–Trinajstić information content (AvgIpc) is 3.08. The zero-order valence-corrected chi connectivity index (χ0v) is 16.0. The van der Waals surface area contributed by atoms with Crippen LogP contribution in [-0.4, -0.2) is 8.42 Å². The summed E-state index contributed by atoms with van der Waals surface area (Å²) in [5, 5.41) is 3.17. The van der Waals surface area contributed by atoms with Gasteiger partial charge in [-0.25, -0.2) is 13.2 Å². The second kappa shape index (κ2) is 6.19. The van der Waals surface area contributed by atoms with Gasteiger partial charge in [-0.05, 0) is 29.0 Å². The summed E-state index contributed by atoms with van der Waals surface area (Å²) in [6.07, 6.45) is 0. The first kappa shape index (κ1) is 17.0. The average molecular weight is 407 g/mol. The Labute approximate surface area is 163 Å². The molecule has 1 heterocycles. The first-order chi connectivity index (χ1) is 13.5. The van der Waals surface area contributed by atoms with E-state index in [9.17, 15) is 13.2 Å². The highest BCUT2D eigenvalue weighted by Gasteiger charge is 2.18. The molecule has 0 aliphatic heterocycles. The van der Waals surface area contributed by atoms with Crippen LogP contribution < -0.4 is 9.66 Å². The van der Waals surface area contributed by atoms with Crippen molar-refractivity contribution >= 4 is 58.9 Å². The van der Waals surface area contributed by atoms with Crippen molar-refractivity contribution in [2.75, 3.05) is 4.72 Å². The predicted octanol–water partition coefficient (Wildman–Crippen LogP) is 4.96. The van der Waals surface area contributed by atoms with Crippen LogP contribution in [0, 0.1) is 0 Å². The van der Waals surface area contributed by atoms with Gasteiger partial charge in [0.1, 0.15) is 0 Å². The van der Waals surface area contributed by atoms with Gasteiger partial charge in [-0.15, -0.1) is 0 Å². The Morgan fingerprint density at radius 3 is 2.36 bits per heavy atom. The number of benzene rings is 4. The van der Waals surface area contributed by atoms with Crippen LogP contribution in [0.5, 0.6) is 0 Å². The van der Waals surface area contributed by atoms with E-state index >= 15 is 0 Å². The Balaban J connectivity index is 1.68. The lowest BCUT2D eigenvalue weighted by atomic mass is 10.1. The normalized spacial score (nSPS) is 12.0. The molecule has 5 aromatic rings. The van der Waals surface area contributed by atoms with Crippen molar-refractivity contribution < 1.29 is 12.8 Å². The van der Waals surface area contributed by atoms with Crippen LogP contribution in [-0.2, 0) is 10.0 Å². The molecule has 7 heteroatoms. The molecule has 0 bridgehead atoms. The monoisotopic (exact) mass is 407 g/mol. The minimum atomic E-state index is -3.81. The quantitative estimate of drug-likeness (QED) is 0.458. The number of rotatable bonds is 3. The van der Waals surface area contributed by atoms with Gasteiger partial charge in [0.2, 0.25) is 0 Å². The lowest BCUT2D eigenvalue weighted by Gasteiger charge is -2.12. The molecule has 4 aromatic carbocycles. The van der Waals surface area contributed by atoms with Crippen LogP contribution in [0.4, 0.5) is 5.69 Å². The molecule has 1 N–H and O–H groups in total. The molecular weight excluding hydrogens is 394 g/mol. The van der Waals surface area contributed by atoms with Gasteiger partial charge in [-0.2, -0.15) is 0 Å². The van der Waals surface area contributed by atoms with Crippen LogP contribution >= 0.6 is 11.3 Å². The van der Waals surface area contributed by atoms with Crippen molar-refractivity contribution in [3.63, 3.8) is 0 Å². The smallest absolute Gasteiger partial charge is 0.396 e. The summed E-state index contributed by atoms with van der Waals surface area (Å²) in [6.45, 7) is 0. The molecular formula is C21H13NO4S2. The molecule has 5 nitrogen and oxygen atoms in total. The fraction of sp³-hybridized carbons (Fsp3) is 0. The summed E-state index contributed by atoms with van der Waals surface area (Å²) in [7, 11) is -3.81. The molecule has 0 aliphatic carbocycles. The van der Waals surface area contributed by atoms with Crippen molar-refractivity contribution in [2.24, 2.45) is 0 Å². The summed E-state index contributed by atoms with van der Waals surface area (Å²) in [5.74, 6) is 0. The van der Waals surface area contributed by atoms with Crippen molar-refractivity contribution in [2.45, 2.75) is 4.90 Å². The zero-order chi connectivity index (χ0) is 19.3. The van der Waals surface area contributed by atoms with Crippen LogP contribution in [0.3, 0.4) is 0 Å². The maximum atomic E-state index is 13.0. The molecule has 0 unspecified atom stereocenters. The second-order valence-corrected chi connectivity index (χ2v) is 9.03. The molecule has 0 saturated heterocycles. The van der Waals surface area contributed by atoms with Crippen LogP contribution in [0.2, 0.25) is 0 Å². The van der Waals surface area contributed by atoms with E-state index in [4.69, 9.17) is 4.42 Å². The summed E-state index contributed by atoms with van der Waals surface area (Å²) in [6, 6.07) is 21.5. The SMILES string of the molecule is O=c1oc2c(cc(NS(=O)(=O)c3ccc4ccccc4c3)c3ccccc32)s1. The fourth-order valence-corrected chi connectivity index (χ4v) is 5.15. The first-order valence-electron chi connectivity index (χ1n) is 8.48. The van der Waals surface area contributed by atoms with Crippen molar-refractivity contribution in [1.29, 1.82) is 0 Å². The van der Waals surface area contributed by atoms with E-state index in [1.807, 2.05) is 36.4 Å². The number of sulfonamides is 1. The van der Waals surface area contributed by atoms with E-state index < -0.39 is 15.0 Å². The van der Waals surface area contributed by atoms with Crippen molar-refractivity contribution in [1.82, 2.24) is 0 Å². The third kappa shape index (κ3) is 2.76. The molecule has 0 atom stereocenters. The molecule has 138 valence electrons. The standard InChI is InChI=1S/C21H13NO4S2/c23-21-26-20-17-8-4-3-7-16(17)18(12-19(20)27-21)22-28(24,25)15-10-9-13-5-1-2-6-14(13)11-15/h1-12,22H. The molecule has 0 saturated carbocycles. The van der Waals surface area contributed by atoms with Gasteiger partial charge in [-0.1, -0.05) is 65.9 Å². The minimum Gasteiger partial charge on any atom is -0.413 e. The van der Waals surface area contributed by atoms with E-state index in [0.717, 1.165) is 22.1 Å². The molecule has 0 fully saturated rings. The molecule has 0 spiro atoms. The highest BCUT2D eigenvalue weighted by molar-refractivity contribution is 7.92. The highest BCUT2D eigenvalue weighted by atomic mass is 32.2.